The minimum atomic E-state index is -0.425. The number of anilines is 1. The van der Waals surface area contributed by atoms with E-state index >= 15 is 0 Å². The molecule has 2 rings (SSSR count). The maximum Gasteiger partial charge on any atom is 0.269 e. The van der Waals surface area contributed by atoms with Crippen LogP contribution in [0.3, 0.4) is 0 Å². The first-order valence-electron chi connectivity index (χ1n) is 7.02. The zero-order chi connectivity index (χ0) is 15.2. The quantitative estimate of drug-likeness (QED) is 0.475. The molecular weight excluding hydrogens is 274 g/mol. The fourth-order valence-electron chi connectivity index (χ4n) is 2.63. The number of hydrogen-bond donors (Lipinski definition) is 2. The summed E-state index contributed by atoms with van der Waals surface area (Å²) in [5.41, 5.74) is 3.90. The van der Waals surface area contributed by atoms with Crippen molar-refractivity contribution in [1.82, 2.24) is 0 Å². The molecular formula is C14H21N3O4. The Labute approximate surface area is 123 Å². The second-order valence-electron chi connectivity index (χ2n) is 5.20. The minimum absolute atomic E-state index is 0.0333. The molecule has 1 fully saturated rings. The number of nitro benzene ring substituents is 1. The highest BCUT2D eigenvalue weighted by molar-refractivity contribution is 5.55. The highest BCUT2D eigenvalue weighted by Gasteiger charge is 2.22. The van der Waals surface area contributed by atoms with Crippen molar-refractivity contribution in [3.05, 3.63) is 33.9 Å². The molecule has 1 aromatic carbocycles. The molecule has 0 amide bonds. The van der Waals surface area contributed by atoms with Crippen LogP contribution in [0.15, 0.2) is 18.2 Å². The smallest absolute Gasteiger partial charge is 0.269 e. The van der Waals surface area contributed by atoms with Crippen LogP contribution in [-0.2, 0) is 16.1 Å². The van der Waals surface area contributed by atoms with Crippen molar-refractivity contribution < 1.29 is 14.4 Å². The van der Waals surface area contributed by atoms with Gasteiger partial charge in [0, 0.05) is 24.8 Å². The van der Waals surface area contributed by atoms with E-state index in [0.29, 0.717) is 17.9 Å². The van der Waals surface area contributed by atoms with Gasteiger partial charge in [0.15, 0.2) is 0 Å². The van der Waals surface area contributed by atoms with Crippen LogP contribution in [0.5, 0.6) is 0 Å². The molecule has 1 aliphatic carbocycles. The standard InChI is InChI=1S/C14H21N3O4/c1-20-12-3-2-4-13(8-12)21-9-10-7-11(17(18)19)5-6-14(10)16-15/h5-7,12-13,16H,2-4,8-9,15H2,1H3. The highest BCUT2D eigenvalue weighted by atomic mass is 16.6. The molecule has 0 bridgehead atoms. The number of methoxy groups -OCH3 is 1. The summed E-state index contributed by atoms with van der Waals surface area (Å²) in [5.74, 6) is 5.43. The largest absolute Gasteiger partial charge is 0.381 e. The van der Waals surface area contributed by atoms with Gasteiger partial charge >= 0.3 is 0 Å². The summed E-state index contributed by atoms with van der Waals surface area (Å²) in [5, 5.41) is 10.8. The first-order chi connectivity index (χ1) is 10.1. The summed E-state index contributed by atoms with van der Waals surface area (Å²) < 4.78 is 11.2. The van der Waals surface area contributed by atoms with Crippen molar-refractivity contribution in [2.75, 3.05) is 12.5 Å². The summed E-state index contributed by atoms with van der Waals surface area (Å²) >= 11 is 0. The Kier molecular flexibility index (Phi) is 5.49. The molecule has 0 spiro atoms. The van der Waals surface area contributed by atoms with Gasteiger partial charge in [-0.15, -0.1) is 0 Å². The predicted octanol–water partition coefficient (Wildman–Crippen LogP) is 2.35. The van der Waals surface area contributed by atoms with Crippen molar-refractivity contribution in [2.24, 2.45) is 5.84 Å². The molecule has 7 nitrogen and oxygen atoms in total. The maximum atomic E-state index is 10.8. The summed E-state index contributed by atoms with van der Waals surface area (Å²) in [6, 6.07) is 4.50. The Morgan fingerprint density at radius 1 is 1.43 bits per heavy atom. The van der Waals surface area contributed by atoms with Crippen molar-refractivity contribution in [3.8, 4) is 0 Å². The molecule has 1 aliphatic rings. The summed E-state index contributed by atoms with van der Waals surface area (Å²) in [4.78, 5) is 10.4. The van der Waals surface area contributed by atoms with Gasteiger partial charge in [0.25, 0.3) is 5.69 Å². The number of nitro groups is 1. The Hall–Kier alpha value is -1.70. The number of rotatable bonds is 6. The van der Waals surface area contributed by atoms with E-state index in [2.05, 4.69) is 5.43 Å². The van der Waals surface area contributed by atoms with E-state index in [9.17, 15) is 10.1 Å². The summed E-state index contributed by atoms with van der Waals surface area (Å²) in [6.07, 6.45) is 4.33. The Balaban J connectivity index is 2.01. The predicted molar refractivity (Wildman–Crippen MR) is 78.7 cm³/mol. The van der Waals surface area contributed by atoms with Crippen LogP contribution in [0.25, 0.3) is 0 Å². The average molecular weight is 295 g/mol. The normalized spacial score (nSPS) is 22.0. The second kappa shape index (κ2) is 7.35. The first kappa shape index (κ1) is 15.7. The van der Waals surface area contributed by atoms with Crippen molar-refractivity contribution in [2.45, 2.75) is 44.5 Å². The van der Waals surface area contributed by atoms with Crippen LogP contribution in [0.1, 0.15) is 31.2 Å². The molecule has 1 saturated carbocycles. The number of hydrogen-bond acceptors (Lipinski definition) is 6. The van der Waals surface area contributed by atoms with E-state index < -0.39 is 4.92 Å². The monoisotopic (exact) mass is 295 g/mol. The van der Waals surface area contributed by atoms with E-state index in [0.717, 1.165) is 25.7 Å². The van der Waals surface area contributed by atoms with E-state index in [1.54, 1.807) is 13.2 Å². The summed E-state index contributed by atoms with van der Waals surface area (Å²) in [6.45, 7) is 0.294. The van der Waals surface area contributed by atoms with Crippen LogP contribution in [-0.4, -0.2) is 24.2 Å². The molecule has 2 atom stereocenters. The van der Waals surface area contributed by atoms with Gasteiger partial charge in [-0.2, -0.15) is 0 Å². The molecule has 3 N–H and O–H groups in total. The highest BCUT2D eigenvalue weighted by Crippen LogP contribution is 2.26. The Bertz CT molecular complexity index is 495. The number of nitrogen functional groups attached to an aromatic ring is 1. The molecule has 0 radical (unpaired) electrons. The minimum Gasteiger partial charge on any atom is -0.381 e. The Morgan fingerprint density at radius 3 is 2.86 bits per heavy atom. The molecule has 2 unspecified atom stereocenters. The van der Waals surface area contributed by atoms with E-state index in [1.165, 1.54) is 12.1 Å². The lowest BCUT2D eigenvalue weighted by Gasteiger charge is -2.28. The SMILES string of the molecule is COC1CCCC(OCc2cc([N+](=O)[O-])ccc2NN)C1. The van der Waals surface area contributed by atoms with Crippen molar-refractivity contribution in [1.29, 1.82) is 0 Å². The van der Waals surface area contributed by atoms with Crippen molar-refractivity contribution >= 4 is 11.4 Å². The molecule has 7 heteroatoms. The molecule has 0 aliphatic heterocycles. The molecule has 0 aromatic heterocycles. The third kappa shape index (κ3) is 4.13. The lowest BCUT2D eigenvalue weighted by atomic mass is 9.95. The van der Waals surface area contributed by atoms with Gasteiger partial charge < -0.3 is 14.9 Å². The van der Waals surface area contributed by atoms with Gasteiger partial charge in [0.05, 0.1) is 29.4 Å². The van der Waals surface area contributed by atoms with Gasteiger partial charge in [0.2, 0.25) is 0 Å². The third-order valence-electron chi connectivity index (χ3n) is 3.84. The summed E-state index contributed by atoms with van der Waals surface area (Å²) in [7, 11) is 1.71. The van der Waals surface area contributed by atoms with Gasteiger partial charge in [-0.1, -0.05) is 0 Å². The van der Waals surface area contributed by atoms with Crippen molar-refractivity contribution in [3.63, 3.8) is 0 Å². The first-order valence-corrected chi connectivity index (χ1v) is 7.02. The van der Waals surface area contributed by atoms with E-state index in [4.69, 9.17) is 15.3 Å². The number of non-ortho nitro benzene ring substituents is 1. The van der Waals surface area contributed by atoms with Gasteiger partial charge in [-0.05, 0) is 31.7 Å². The number of nitrogens with zero attached hydrogens (tertiary/aromatic N) is 1. The molecule has 0 heterocycles. The molecule has 0 saturated heterocycles. The number of nitrogens with one attached hydrogen (secondary N) is 1. The van der Waals surface area contributed by atoms with Crippen LogP contribution >= 0.6 is 0 Å². The third-order valence-corrected chi connectivity index (χ3v) is 3.84. The van der Waals surface area contributed by atoms with E-state index in [-0.39, 0.29) is 17.9 Å². The number of hydrazine groups is 1. The molecule has 21 heavy (non-hydrogen) atoms. The fraction of sp³-hybridized carbons (Fsp3) is 0.571. The lowest BCUT2D eigenvalue weighted by Crippen LogP contribution is -2.27. The van der Waals surface area contributed by atoms with Crippen LogP contribution in [0.2, 0.25) is 0 Å². The number of benzene rings is 1. The van der Waals surface area contributed by atoms with E-state index in [1.807, 2.05) is 0 Å². The lowest BCUT2D eigenvalue weighted by molar-refractivity contribution is -0.384. The Morgan fingerprint density at radius 2 is 2.19 bits per heavy atom. The van der Waals surface area contributed by atoms with Crippen LogP contribution < -0.4 is 11.3 Å². The second-order valence-corrected chi connectivity index (χ2v) is 5.20. The van der Waals surface area contributed by atoms with Gasteiger partial charge in [-0.3, -0.25) is 16.0 Å². The molecule has 116 valence electrons. The fourth-order valence-corrected chi connectivity index (χ4v) is 2.63. The van der Waals surface area contributed by atoms with Crippen LogP contribution in [0.4, 0.5) is 11.4 Å². The average Bonchev–Trinajstić information content (AvgIpc) is 2.52. The van der Waals surface area contributed by atoms with Crippen LogP contribution in [0, 0.1) is 10.1 Å². The van der Waals surface area contributed by atoms with Gasteiger partial charge in [-0.25, -0.2) is 0 Å². The van der Waals surface area contributed by atoms with Gasteiger partial charge in [0.1, 0.15) is 0 Å². The molecule has 1 aromatic rings. The zero-order valence-electron chi connectivity index (χ0n) is 12.1. The number of ether oxygens (including phenoxy) is 2. The topological polar surface area (TPSA) is 99.6 Å². The number of nitrogens with two attached hydrogens (primary N) is 1. The maximum absolute atomic E-state index is 10.8. The zero-order valence-corrected chi connectivity index (χ0v) is 12.1.